The number of hydrogen-bond acceptors (Lipinski definition) is 7. The number of carbonyl (C=O) groups excluding carboxylic acids is 1. The maximum atomic E-state index is 14.9. The van der Waals surface area contributed by atoms with Crippen LogP contribution in [0, 0.1) is 17.2 Å². The molecule has 37 heavy (non-hydrogen) atoms. The highest BCUT2D eigenvalue weighted by atomic mass is 19.1. The van der Waals surface area contributed by atoms with E-state index in [4.69, 9.17) is 8.85 Å². The molecule has 1 saturated carbocycles. The van der Waals surface area contributed by atoms with Gasteiger partial charge in [-0.2, -0.15) is 5.26 Å². The Hall–Kier alpha value is -3.55. The van der Waals surface area contributed by atoms with Gasteiger partial charge in [0, 0.05) is 49.7 Å². The maximum absolute atomic E-state index is 14.9. The minimum atomic E-state index is -2.78. The number of amides is 1. The fourth-order valence-electron chi connectivity index (χ4n) is 4.54. The number of methoxy groups -OCH3 is 1. The molecule has 3 aromatic rings. The first-order chi connectivity index (χ1) is 18.9. The summed E-state index contributed by atoms with van der Waals surface area (Å²) in [5.74, 6) is 0.0541. The molecule has 0 radical (unpaired) electrons. The Morgan fingerprint density at radius 1 is 1.41 bits per heavy atom. The van der Waals surface area contributed by atoms with Gasteiger partial charge in [0.25, 0.3) is 5.91 Å². The molecule has 3 heterocycles. The molecule has 0 spiro atoms. The van der Waals surface area contributed by atoms with Gasteiger partial charge < -0.3 is 20.5 Å². The number of halogens is 1. The molecule has 3 unspecified atom stereocenters. The van der Waals surface area contributed by atoms with Crippen LogP contribution in [0.1, 0.15) is 59.6 Å². The Balaban J connectivity index is 1.61. The molecule has 3 N–H and O–H groups in total. The van der Waals surface area contributed by atoms with Crippen LogP contribution in [0.25, 0.3) is 16.9 Å². The molecule has 1 amide bonds. The molecule has 1 aliphatic carbocycles. The number of nitriles is 1. The van der Waals surface area contributed by atoms with Gasteiger partial charge in [0.2, 0.25) is 0 Å². The molecule has 0 aliphatic heterocycles. The van der Waals surface area contributed by atoms with Crippen LogP contribution >= 0.6 is 0 Å². The molecule has 10 heteroatoms. The van der Waals surface area contributed by atoms with Crippen LogP contribution in [-0.2, 0) is 4.74 Å². The lowest BCUT2D eigenvalue weighted by Gasteiger charge is -2.30. The number of aliphatic hydroxyl groups excluding tert-OH is 1. The second-order valence-electron chi connectivity index (χ2n) is 9.96. The molecule has 4 rings (SSSR count). The van der Waals surface area contributed by atoms with Gasteiger partial charge in [-0.15, -0.1) is 0 Å². The minimum absolute atomic E-state index is 0.00552. The minimum Gasteiger partial charge on any atom is -0.396 e. The molecular weight excluding hydrogens is 475 g/mol. The van der Waals surface area contributed by atoms with Crippen molar-refractivity contribution in [2.45, 2.75) is 57.3 Å². The molecule has 196 valence electrons. The summed E-state index contributed by atoms with van der Waals surface area (Å²) >= 11 is 0. The Labute approximate surface area is 219 Å². The number of pyridine rings is 2. The number of rotatable bonds is 9. The Morgan fingerprint density at radius 3 is 3.00 bits per heavy atom. The standard InChI is InChI=1S/C27H33FN6O3/c1-27(2,37-3)23(28)15-32-26(36)21-14-30-24(11-22(21)33-20-6-4-5-17(10-20)16-35)34-8-7-19-9-18(12-29)13-31-25(19)34/h7-9,11,13-14,17,20,23,35H,4-6,10,15-16H2,1-3H3,(H,30,33)(H,32,36)/i3D3. The van der Waals surface area contributed by atoms with Crippen LogP contribution in [0.5, 0.6) is 0 Å². The highest BCUT2D eigenvalue weighted by molar-refractivity contribution is 5.99. The number of ether oxygens (including phenoxy) is 1. The zero-order valence-corrected chi connectivity index (χ0v) is 20.9. The molecule has 3 atom stereocenters. The van der Waals surface area contributed by atoms with E-state index in [0.29, 0.717) is 22.7 Å². The lowest BCUT2D eigenvalue weighted by molar-refractivity contribution is -0.0404. The van der Waals surface area contributed by atoms with Crippen LogP contribution in [-0.4, -0.2) is 63.6 Å². The van der Waals surface area contributed by atoms with Crippen molar-refractivity contribution in [1.82, 2.24) is 19.9 Å². The average Bonchev–Trinajstić information content (AvgIpc) is 3.33. The first kappa shape index (κ1) is 22.6. The van der Waals surface area contributed by atoms with Crippen LogP contribution in [0.15, 0.2) is 36.8 Å². The average molecular weight is 512 g/mol. The van der Waals surface area contributed by atoms with E-state index in [1.165, 1.54) is 26.2 Å². The summed E-state index contributed by atoms with van der Waals surface area (Å²) in [6.07, 6.45) is 6.29. The van der Waals surface area contributed by atoms with Gasteiger partial charge in [-0.05, 0) is 51.2 Å². The summed E-state index contributed by atoms with van der Waals surface area (Å²) < 4.78 is 43.3. The van der Waals surface area contributed by atoms with E-state index in [1.54, 1.807) is 22.9 Å². The molecular formula is C27H33FN6O3. The van der Waals surface area contributed by atoms with Crippen LogP contribution < -0.4 is 10.6 Å². The number of hydrogen-bond donors (Lipinski definition) is 3. The van der Waals surface area contributed by atoms with Gasteiger partial charge in [-0.25, -0.2) is 14.4 Å². The number of carbonyl (C=O) groups is 1. The van der Waals surface area contributed by atoms with Gasteiger partial charge in [0.1, 0.15) is 23.7 Å². The number of nitrogens with one attached hydrogen (secondary N) is 2. The first-order valence-electron chi connectivity index (χ1n) is 13.8. The topological polar surface area (TPSA) is 125 Å². The SMILES string of the molecule is [2H]C([2H])([2H])OC(C)(C)C(F)CNC(=O)c1cnc(-n2ccc3cc(C#N)cnc32)cc1NC1CCCC(CO)C1. The molecule has 0 saturated heterocycles. The van der Waals surface area contributed by atoms with Crippen LogP contribution in [0.3, 0.4) is 0 Å². The molecule has 3 aromatic heterocycles. The number of aliphatic hydroxyl groups is 1. The Morgan fingerprint density at radius 2 is 2.24 bits per heavy atom. The Kier molecular flexibility index (Phi) is 6.87. The van der Waals surface area contributed by atoms with Crippen molar-refractivity contribution >= 4 is 22.6 Å². The monoisotopic (exact) mass is 511 g/mol. The fourth-order valence-corrected chi connectivity index (χ4v) is 4.54. The summed E-state index contributed by atoms with van der Waals surface area (Å²) in [6, 6.07) is 7.33. The number of anilines is 1. The van der Waals surface area contributed by atoms with E-state index < -0.39 is 31.3 Å². The van der Waals surface area contributed by atoms with Crippen molar-refractivity contribution in [3.63, 3.8) is 0 Å². The smallest absolute Gasteiger partial charge is 0.255 e. The third-order valence-corrected chi connectivity index (χ3v) is 6.90. The third kappa shape index (κ3) is 5.89. The normalized spacial score (nSPS) is 20.4. The highest BCUT2D eigenvalue weighted by Gasteiger charge is 2.30. The van der Waals surface area contributed by atoms with E-state index in [9.17, 15) is 19.6 Å². The van der Waals surface area contributed by atoms with Gasteiger partial charge in [-0.3, -0.25) is 9.36 Å². The third-order valence-electron chi connectivity index (χ3n) is 6.90. The van der Waals surface area contributed by atoms with Crippen molar-refractivity contribution in [3.8, 4) is 11.9 Å². The van der Waals surface area contributed by atoms with Gasteiger partial charge >= 0.3 is 0 Å². The second kappa shape index (κ2) is 11.2. The van der Waals surface area contributed by atoms with Crippen molar-refractivity contribution in [2.75, 3.05) is 25.5 Å². The van der Waals surface area contributed by atoms with Gasteiger partial charge in [0.15, 0.2) is 0 Å². The maximum Gasteiger partial charge on any atom is 0.255 e. The van der Waals surface area contributed by atoms with Crippen LogP contribution in [0.2, 0.25) is 0 Å². The highest BCUT2D eigenvalue weighted by Crippen LogP contribution is 2.29. The number of fused-ring (bicyclic) bond motifs is 1. The summed E-state index contributed by atoms with van der Waals surface area (Å²) in [6.45, 7) is 2.25. The van der Waals surface area contributed by atoms with Crippen molar-refractivity contribution in [2.24, 2.45) is 5.92 Å². The molecule has 1 aliphatic rings. The van der Waals surface area contributed by atoms with Crippen molar-refractivity contribution in [3.05, 3.63) is 47.9 Å². The van der Waals surface area contributed by atoms with E-state index in [-0.39, 0.29) is 24.1 Å². The molecule has 9 nitrogen and oxygen atoms in total. The summed E-state index contributed by atoms with van der Waals surface area (Å²) in [5, 5.41) is 25.6. The number of alkyl halides is 1. The van der Waals surface area contributed by atoms with Crippen molar-refractivity contribution in [1.29, 1.82) is 5.26 Å². The zero-order chi connectivity index (χ0) is 29.1. The Bertz CT molecular complexity index is 1400. The summed E-state index contributed by atoms with van der Waals surface area (Å²) in [7, 11) is -2.78. The van der Waals surface area contributed by atoms with Gasteiger partial charge in [-0.1, -0.05) is 6.42 Å². The number of aromatic nitrogens is 3. The zero-order valence-electron chi connectivity index (χ0n) is 23.9. The summed E-state index contributed by atoms with van der Waals surface area (Å²) in [5.41, 5.74) is 0.0333. The largest absolute Gasteiger partial charge is 0.396 e. The lowest BCUT2D eigenvalue weighted by atomic mass is 9.86. The predicted molar refractivity (Wildman–Crippen MR) is 138 cm³/mol. The van der Waals surface area contributed by atoms with Crippen molar-refractivity contribution < 1.29 is 23.1 Å². The lowest BCUT2D eigenvalue weighted by Crippen LogP contribution is -2.43. The van der Waals surface area contributed by atoms with E-state index in [1.807, 2.05) is 6.07 Å². The first-order valence-corrected chi connectivity index (χ1v) is 12.3. The number of nitrogens with zero attached hydrogens (tertiary/aromatic N) is 4. The van der Waals surface area contributed by atoms with E-state index in [2.05, 4.69) is 26.7 Å². The fraction of sp³-hybridized carbons (Fsp3) is 0.481. The second-order valence-corrected chi connectivity index (χ2v) is 9.96. The van der Waals surface area contributed by atoms with Crippen LogP contribution in [0.4, 0.5) is 10.1 Å². The molecule has 0 bridgehead atoms. The van der Waals surface area contributed by atoms with Gasteiger partial charge in [0.05, 0.1) is 33.1 Å². The molecule has 1 fully saturated rings. The van der Waals surface area contributed by atoms with E-state index >= 15 is 0 Å². The molecule has 0 aromatic carbocycles. The summed E-state index contributed by atoms with van der Waals surface area (Å²) in [4.78, 5) is 22.1. The predicted octanol–water partition coefficient (Wildman–Crippen LogP) is 3.75. The van der Waals surface area contributed by atoms with E-state index in [0.717, 1.165) is 31.1 Å². The quantitative estimate of drug-likeness (QED) is 0.400.